The van der Waals surface area contributed by atoms with Gasteiger partial charge in [-0.15, -0.1) is 0 Å². The molecule has 2 aromatic rings. The number of likely N-dealkylation sites (tertiary alicyclic amines) is 1. The highest BCUT2D eigenvalue weighted by Crippen LogP contribution is 2.38. The third-order valence-corrected chi connectivity index (χ3v) is 6.54. The van der Waals surface area contributed by atoms with E-state index in [0.717, 1.165) is 35.9 Å². The molecule has 1 aliphatic carbocycles. The molecule has 3 amide bonds. The number of thiazole rings is 1. The van der Waals surface area contributed by atoms with Crippen molar-refractivity contribution in [2.24, 2.45) is 11.8 Å². The van der Waals surface area contributed by atoms with Gasteiger partial charge in [0.1, 0.15) is 0 Å². The van der Waals surface area contributed by atoms with E-state index in [-0.39, 0.29) is 42.5 Å². The van der Waals surface area contributed by atoms with Crippen LogP contribution in [0.1, 0.15) is 32.1 Å². The average Bonchev–Trinajstić information content (AvgIpc) is 3.20. The molecule has 0 spiro atoms. The molecular weight excluding hydrogens is 350 g/mol. The lowest BCUT2D eigenvalue weighted by molar-refractivity contribution is -0.140. The van der Waals surface area contributed by atoms with Crippen LogP contribution in [0.2, 0.25) is 0 Å². The van der Waals surface area contributed by atoms with Crippen LogP contribution >= 0.6 is 11.3 Å². The van der Waals surface area contributed by atoms with E-state index in [2.05, 4.69) is 4.98 Å². The highest BCUT2D eigenvalue weighted by atomic mass is 32.1. The molecule has 4 rings (SSSR count). The van der Waals surface area contributed by atoms with E-state index in [4.69, 9.17) is 0 Å². The van der Waals surface area contributed by atoms with Crippen molar-refractivity contribution in [2.75, 3.05) is 18.5 Å². The quantitative estimate of drug-likeness (QED) is 0.775. The van der Waals surface area contributed by atoms with Gasteiger partial charge in [0.05, 0.1) is 22.1 Å². The van der Waals surface area contributed by atoms with Crippen molar-refractivity contribution in [3.8, 4) is 0 Å². The molecule has 0 N–H and O–H groups in total. The zero-order valence-electron chi connectivity index (χ0n) is 14.7. The normalized spacial score (nSPS) is 22.7. The Balaban J connectivity index is 1.41. The van der Waals surface area contributed by atoms with E-state index in [1.165, 1.54) is 21.1 Å². The van der Waals surface area contributed by atoms with Gasteiger partial charge in [0.2, 0.25) is 17.7 Å². The SMILES string of the molecule is CN(C(=O)CCN1C(=O)C2CCCCC2C1=O)c1nc2ccccc2s1. The number of hydrogen-bond donors (Lipinski definition) is 0. The third kappa shape index (κ3) is 2.90. The molecule has 136 valence electrons. The molecule has 2 aliphatic rings. The molecular formula is C19H21N3O3S. The highest BCUT2D eigenvalue weighted by molar-refractivity contribution is 7.22. The number of fused-ring (bicyclic) bond motifs is 2. The van der Waals surface area contributed by atoms with Crippen LogP contribution in [0, 0.1) is 11.8 Å². The lowest BCUT2D eigenvalue weighted by Crippen LogP contribution is -2.36. The largest absolute Gasteiger partial charge is 0.291 e. The van der Waals surface area contributed by atoms with Crippen LogP contribution in [-0.2, 0) is 14.4 Å². The van der Waals surface area contributed by atoms with E-state index in [0.29, 0.717) is 5.13 Å². The van der Waals surface area contributed by atoms with Crippen molar-refractivity contribution >= 4 is 44.4 Å². The summed E-state index contributed by atoms with van der Waals surface area (Å²) in [6.07, 6.45) is 3.74. The van der Waals surface area contributed by atoms with Gasteiger partial charge < -0.3 is 0 Å². The molecule has 0 radical (unpaired) electrons. The van der Waals surface area contributed by atoms with Gasteiger partial charge in [-0.1, -0.05) is 36.3 Å². The maximum absolute atomic E-state index is 12.5. The fourth-order valence-electron chi connectivity index (χ4n) is 3.94. The van der Waals surface area contributed by atoms with Gasteiger partial charge in [-0.2, -0.15) is 0 Å². The summed E-state index contributed by atoms with van der Waals surface area (Å²) in [5.74, 6) is -0.633. The number of aromatic nitrogens is 1. The van der Waals surface area contributed by atoms with Crippen LogP contribution in [0.5, 0.6) is 0 Å². The van der Waals surface area contributed by atoms with Crippen LogP contribution in [0.3, 0.4) is 0 Å². The number of anilines is 1. The summed E-state index contributed by atoms with van der Waals surface area (Å²) in [5.41, 5.74) is 0.862. The van der Waals surface area contributed by atoms with Crippen molar-refractivity contribution in [1.29, 1.82) is 0 Å². The van der Waals surface area contributed by atoms with Gasteiger partial charge in [-0.25, -0.2) is 4.98 Å². The predicted molar refractivity (Wildman–Crippen MR) is 99.8 cm³/mol. The Morgan fingerprint density at radius 1 is 1.19 bits per heavy atom. The van der Waals surface area contributed by atoms with Crippen LogP contribution < -0.4 is 4.90 Å². The molecule has 1 aromatic heterocycles. The van der Waals surface area contributed by atoms with Gasteiger partial charge >= 0.3 is 0 Å². The molecule has 1 aromatic carbocycles. The topological polar surface area (TPSA) is 70.6 Å². The highest BCUT2D eigenvalue weighted by Gasteiger charge is 2.47. The Bertz CT molecular complexity index is 821. The van der Waals surface area contributed by atoms with E-state index in [1.54, 1.807) is 7.05 Å². The smallest absolute Gasteiger partial charge is 0.233 e. The maximum Gasteiger partial charge on any atom is 0.233 e. The monoisotopic (exact) mass is 371 g/mol. The first-order valence-electron chi connectivity index (χ1n) is 9.03. The number of hydrogen-bond acceptors (Lipinski definition) is 5. The number of carbonyl (C=O) groups excluding carboxylic acids is 3. The second-order valence-corrected chi connectivity index (χ2v) is 8.00. The van der Waals surface area contributed by atoms with Gasteiger partial charge in [-0.3, -0.25) is 24.2 Å². The molecule has 2 fully saturated rings. The second kappa shape index (κ2) is 6.79. The van der Waals surface area contributed by atoms with Crippen molar-refractivity contribution < 1.29 is 14.4 Å². The number of benzene rings is 1. The molecule has 1 aliphatic heterocycles. The summed E-state index contributed by atoms with van der Waals surface area (Å²) >= 11 is 1.46. The van der Waals surface area contributed by atoms with Gasteiger partial charge in [-0.05, 0) is 25.0 Å². The van der Waals surface area contributed by atoms with E-state index in [9.17, 15) is 14.4 Å². The molecule has 1 saturated heterocycles. The zero-order valence-corrected chi connectivity index (χ0v) is 15.5. The van der Waals surface area contributed by atoms with Crippen molar-refractivity contribution in [3.63, 3.8) is 0 Å². The minimum Gasteiger partial charge on any atom is -0.291 e. The summed E-state index contributed by atoms with van der Waals surface area (Å²) < 4.78 is 1.02. The summed E-state index contributed by atoms with van der Waals surface area (Å²) in [5, 5.41) is 0.629. The van der Waals surface area contributed by atoms with Crippen LogP contribution in [0.25, 0.3) is 10.2 Å². The first kappa shape index (κ1) is 17.1. The minimum absolute atomic E-state index is 0.0878. The molecule has 6 nitrogen and oxygen atoms in total. The van der Waals surface area contributed by atoms with E-state index >= 15 is 0 Å². The molecule has 0 bridgehead atoms. The fraction of sp³-hybridized carbons (Fsp3) is 0.474. The lowest BCUT2D eigenvalue weighted by Gasteiger charge is -2.19. The zero-order chi connectivity index (χ0) is 18.3. The number of nitrogens with zero attached hydrogens (tertiary/aromatic N) is 3. The molecule has 2 unspecified atom stereocenters. The summed E-state index contributed by atoms with van der Waals surface area (Å²) in [4.78, 5) is 44.8. The van der Waals surface area contributed by atoms with E-state index < -0.39 is 0 Å². The Morgan fingerprint density at radius 2 is 1.85 bits per heavy atom. The summed E-state index contributed by atoms with van der Waals surface area (Å²) in [6, 6.07) is 7.74. The first-order valence-corrected chi connectivity index (χ1v) is 9.85. The standard InChI is InChI=1S/C19H21N3O3S/c1-21(19-20-14-8-4-5-9-15(14)26-19)16(23)10-11-22-17(24)12-6-2-3-7-13(12)18(22)25/h4-5,8-9,12-13H,2-3,6-7,10-11H2,1H3. The molecule has 1 saturated carbocycles. The van der Waals surface area contributed by atoms with Gasteiger partial charge in [0, 0.05) is 20.0 Å². The second-order valence-electron chi connectivity index (χ2n) is 6.99. The number of imide groups is 1. The predicted octanol–water partition coefficient (Wildman–Crippen LogP) is 2.82. The first-order chi connectivity index (χ1) is 12.6. The van der Waals surface area contributed by atoms with Gasteiger partial charge in [0.15, 0.2) is 5.13 Å². The maximum atomic E-state index is 12.5. The van der Waals surface area contributed by atoms with Crippen LogP contribution in [-0.4, -0.2) is 41.2 Å². The number of carbonyl (C=O) groups is 3. The van der Waals surface area contributed by atoms with Crippen molar-refractivity contribution in [3.05, 3.63) is 24.3 Å². The number of rotatable bonds is 4. The van der Waals surface area contributed by atoms with Crippen molar-refractivity contribution in [2.45, 2.75) is 32.1 Å². The lowest BCUT2D eigenvalue weighted by atomic mass is 9.81. The van der Waals surface area contributed by atoms with E-state index in [1.807, 2.05) is 24.3 Å². The Labute approximate surface area is 155 Å². The fourth-order valence-corrected chi connectivity index (χ4v) is 4.88. The summed E-state index contributed by atoms with van der Waals surface area (Å²) in [7, 11) is 1.69. The number of para-hydroxylation sites is 1. The van der Waals surface area contributed by atoms with Crippen molar-refractivity contribution in [1.82, 2.24) is 9.88 Å². The minimum atomic E-state index is -0.159. The molecule has 2 heterocycles. The number of amides is 3. The molecule has 26 heavy (non-hydrogen) atoms. The van der Waals surface area contributed by atoms with Crippen LogP contribution in [0.15, 0.2) is 24.3 Å². The van der Waals surface area contributed by atoms with Crippen LogP contribution in [0.4, 0.5) is 5.13 Å². The Morgan fingerprint density at radius 3 is 2.50 bits per heavy atom. The molecule has 7 heteroatoms. The molecule has 2 atom stereocenters. The summed E-state index contributed by atoms with van der Waals surface area (Å²) in [6.45, 7) is 0.165. The third-order valence-electron chi connectivity index (χ3n) is 5.43. The Kier molecular flexibility index (Phi) is 4.48. The van der Waals surface area contributed by atoms with Gasteiger partial charge in [0.25, 0.3) is 0 Å². The average molecular weight is 371 g/mol. The Hall–Kier alpha value is -2.28.